The Morgan fingerprint density at radius 3 is 2.46 bits per heavy atom. The molecule has 0 bridgehead atoms. The van der Waals surface area contributed by atoms with E-state index in [9.17, 15) is 0 Å². The van der Waals surface area contributed by atoms with Gasteiger partial charge in [-0.1, -0.05) is 91.4 Å². The second-order valence-electron chi connectivity index (χ2n) is 6.03. The van der Waals surface area contributed by atoms with Crippen molar-refractivity contribution in [2.75, 3.05) is 0 Å². The molecule has 4 aliphatic rings. The molecule has 4 nitrogen and oxygen atoms in total. The Kier molecular flexibility index (Phi) is 3.51. The molecule has 1 aromatic rings. The van der Waals surface area contributed by atoms with Crippen molar-refractivity contribution in [1.82, 2.24) is 5.01 Å². The minimum absolute atomic E-state index is 0.175. The van der Waals surface area contributed by atoms with Crippen LogP contribution in [0.25, 0.3) is 5.57 Å². The van der Waals surface area contributed by atoms with Crippen molar-refractivity contribution in [2.45, 2.75) is 0 Å². The van der Waals surface area contributed by atoms with Gasteiger partial charge in [-0.3, -0.25) is 0 Å². The third-order valence-corrected chi connectivity index (χ3v) is 6.63. The first-order chi connectivity index (χ1) is 12.6. The van der Waals surface area contributed by atoms with E-state index in [-0.39, 0.29) is 5.92 Å². The fourth-order valence-electron chi connectivity index (χ4n) is 3.59. The number of hydrogen-bond donors (Lipinski definition) is 0. The second kappa shape index (κ2) is 5.68. The fraction of sp³-hybridized carbons (Fsp3) is 0.0556. The molecule has 0 fully saturated rings. The van der Waals surface area contributed by atoms with Gasteiger partial charge in [0.15, 0.2) is 0 Å². The molecule has 0 saturated carbocycles. The summed E-state index contributed by atoms with van der Waals surface area (Å²) in [4.78, 5) is 2.19. The van der Waals surface area contributed by atoms with Crippen LogP contribution in [0.5, 0.6) is 0 Å². The van der Waals surface area contributed by atoms with Gasteiger partial charge in [-0.05, 0) is 21.6 Å². The summed E-state index contributed by atoms with van der Waals surface area (Å²) in [6, 6.07) is 10.1. The molecule has 1 aromatic carbocycles. The molecule has 124 valence electrons. The van der Waals surface area contributed by atoms with E-state index in [4.69, 9.17) is 48.9 Å². The maximum atomic E-state index is 5.75. The normalized spacial score (nSPS) is 23.6. The van der Waals surface area contributed by atoms with Gasteiger partial charge in [0.25, 0.3) is 0 Å². The Hall–Kier alpha value is -2.13. The summed E-state index contributed by atoms with van der Waals surface area (Å²) in [5.74, 6) is -0.175. The van der Waals surface area contributed by atoms with Crippen molar-refractivity contribution in [3.8, 4) is 0 Å². The highest BCUT2D eigenvalue weighted by Crippen LogP contribution is 2.47. The van der Waals surface area contributed by atoms with Gasteiger partial charge in [0.1, 0.15) is 16.4 Å². The van der Waals surface area contributed by atoms with Crippen molar-refractivity contribution in [3.63, 3.8) is 0 Å². The van der Waals surface area contributed by atoms with Crippen LogP contribution in [0.2, 0.25) is 0 Å². The largest absolute Gasteiger partial charge is 0.199 e. The fourth-order valence-corrected chi connectivity index (χ4v) is 4.69. The lowest BCUT2D eigenvalue weighted by Crippen LogP contribution is -2.50. The molecule has 0 aromatic heterocycles. The van der Waals surface area contributed by atoms with Crippen LogP contribution in [0.4, 0.5) is 0 Å². The highest BCUT2D eigenvalue weighted by Gasteiger charge is 2.48. The molecular formula is C18H8N4S4. The van der Waals surface area contributed by atoms with Crippen molar-refractivity contribution >= 4 is 79.7 Å². The zero-order chi connectivity index (χ0) is 18.0. The molecule has 1 atom stereocenters. The number of rotatable bonds is 1. The third kappa shape index (κ3) is 2.01. The van der Waals surface area contributed by atoms with Crippen LogP contribution in [0.15, 0.2) is 74.9 Å². The summed E-state index contributed by atoms with van der Waals surface area (Å²) in [7, 11) is 0. The first-order valence-corrected chi connectivity index (χ1v) is 9.41. The Labute approximate surface area is 170 Å². The van der Waals surface area contributed by atoms with Gasteiger partial charge >= 0.3 is 0 Å². The number of hydrogen-bond acceptors (Lipinski definition) is 7. The van der Waals surface area contributed by atoms with Crippen LogP contribution >= 0.6 is 48.9 Å². The van der Waals surface area contributed by atoms with Gasteiger partial charge in [0.2, 0.25) is 0 Å². The molecule has 0 amide bonds. The molecule has 26 heavy (non-hydrogen) atoms. The maximum absolute atomic E-state index is 5.75. The van der Waals surface area contributed by atoms with Crippen LogP contribution < -0.4 is 0 Å². The first kappa shape index (κ1) is 16.1. The summed E-state index contributed by atoms with van der Waals surface area (Å²) < 4.78 is 0. The van der Waals surface area contributed by atoms with Gasteiger partial charge in [-0.25, -0.2) is 0 Å². The molecular weight excluding hydrogens is 400 g/mol. The predicted octanol–water partition coefficient (Wildman–Crippen LogP) is 4.38. The zero-order valence-electron chi connectivity index (χ0n) is 13.0. The van der Waals surface area contributed by atoms with Crippen molar-refractivity contribution in [2.24, 2.45) is 21.5 Å². The average molecular weight is 409 g/mol. The lowest BCUT2D eigenvalue weighted by molar-refractivity contribution is 0.511. The molecule has 8 heteroatoms. The minimum atomic E-state index is -0.175. The molecule has 2 heterocycles. The molecule has 1 unspecified atom stereocenters. The van der Waals surface area contributed by atoms with E-state index in [2.05, 4.69) is 33.8 Å². The third-order valence-electron chi connectivity index (χ3n) is 4.72. The average Bonchev–Trinajstić information content (AvgIpc) is 2.69. The van der Waals surface area contributed by atoms with E-state index >= 15 is 0 Å². The Morgan fingerprint density at radius 1 is 0.923 bits per heavy atom. The molecule has 0 saturated heterocycles. The second-order valence-corrected chi connectivity index (χ2v) is 7.67. The summed E-state index contributed by atoms with van der Waals surface area (Å²) in [6.45, 7) is 0. The SMILES string of the molecule is S=C1C(=S)C2=NN=NN3C(=S)C(=S)C4C(c5ccccc5)=CC=C1C4=C23. The smallest absolute Gasteiger partial charge is 0.145 e. The van der Waals surface area contributed by atoms with E-state index in [1.165, 1.54) is 0 Å². The number of thiocarbonyl (C=S) groups is 4. The van der Waals surface area contributed by atoms with E-state index in [0.29, 0.717) is 25.3 Å². The van der Waals surface area contributed by atoms with Crippen molar-refractivity contribution < 1.29 is 0 Å². The van der Waals surface area contributed by atoms with Gasteiger partial charge < -0.3 is 0 Å². The molecule has 2 aliphatic heterocycles. The van der Waals surface area contributed by atoms with Crippen LogP contribution in [0, 0.1) is 5.92 Å². The van der Waals surface area contributed by atoms with E-state index in [0.717, 1.165) is 28.0 Å². The molecule has 5 rings (SSSR count). The number of nitrogens with zero attached hydrogens (tertiary/aromatic N) is 4. The Morgan fingerprint density at radius 2 is 1.69 bits per heavy atom. The van der Waals surface area contributed by atoms with Crippen LogP contribution in [-0.4, -0.2) is 30.3 Å². The van der Waals surface area contributed by atoms with Crippen LogP contribution in [0.1, 0.15) is 5.56 Å². The van der Waals surface area contributed by atoms with Gasteiger partial charge in [-0.15, -0.1) is 5.10 Å². The summed E-state index contributed by atoms with van der Waals surface area (Å²) >= 11 is 22.5. The standard InChI is InChI=1S/C18H8N4S4/c23-15-10-7-6-9(8-4-2-1-3-5-8)12-11(10)14-13(17(15)25)19-20-21-22(14)18(26)16(12)24/h1-7,12H. The van der Waals surface area contributed by atoms with E-state index < -0.39 is 0 Å². The minimum Gasteiger partial charge on any atom is -0.199 e. The van der Waals surface area contributed by atoms with Gasteiger partial charge in [0.05, 0.1) is 20.5 Å². The Bertz CT molecular complexity index is 1110. The topological polar surface area (TPSA) is 40.3 Å². The summed E-state index contributed by atoms with van der Waals surface area (Å²) in [5.41, 5.74) is 5.36. The molecule has 0 spiro atoms. The molecule has 0 radical (unpaired) electrons. The predicted molar refractivity (Wildman–Crippen MR) is 118 cm³/mol. The number of benzene rings is 1. The molecule has 2 aliphatic carbocycles. The summed E-state index contributed by atoms with van der Waals surface area (Å²) in [5, 5.41) is 13.6. The van der Waals surface area contributed by atoms with Crippen molar-refractivity contribution in [1.29, 1.82) is 0 Å². The van der Waals surface area contributed by atoms with Crippen LogP contribution in [-0.2, 0) is 0 Å². The van der Waals surface area contributed by atoms with Crippen LogP contribution in [0.3, 0.4) is 0 Å². The molecule has 0 N–H and O–H groups in total. The summed E-state index contributed by atoms with van der Waals surface area (Å²) in [6.07, 6.45) is 4.07. The lowest BCUT2D eigenvalue weighted by atomic mass is 9.70. The lowest BCUT2D eigenvalue weighted by Gasteiger charge is -2.42. The van der Waals surface area contributed by atoms with E-state index in [1.54, 1.807) is 5.01 Å². The van der Waals surface area contributed by atoms with E-state index in [1.807, 2.05) is 24.3 Å². The maximum Gasteiger partial charge on any atom is 0.145 e. The Balaban J connectivity index is 1.85. The highest BCUT2D eigenvalue weighted by atomic mass is 32.1. The van der Waals surface area contributed by atoms with Gasteiger partial charge in [0, 0.05) is 11.1 Å². The van der Waals surface area contributed by atoms with Gasteiger partial charge in [-0.2, -0.15) is 5.01 Å². The van der Waals surface area contributed by atoms with Crippen molar-refractivity contribution in [3.05, 3.63) is 64.9 Å². The zero-order valence-corrected chi connectivity index (χ0v) is 16.3. The monoisotopic (exact) mass is 408 g/mol. The number of allylic oxidation sites excluding steroid dienone is 6. The quantitative estimate of drug-likeness (QED) is 0.645. The first-order valence-electron chi connectivity index (χ1n) is 7.77. The highest BCUT2D eigenvalue weighted by molar-refractivity contribution is 7.91.